The summed E-state index contributed by atoms with van der Waals surface area (Å²) in [5.41, 5.74) is 9.60. The molecule has 4 heterocycles. The number of fused-ring (bicyclic) bond motifs is 1. The summed E-state index contributed by atoms with van der Waals surface area (Å²) < 4.78 is 6.76. The average molecular weight is 502 g/mol. The Labute approximate surface area is 210 Å². The smallest absolute Gasteiger partial charge is 0.326 e. The van der Waals surface area contributed by atoms with Crippen LogP contribution in [0.25, 0.3) is 16.6 Å². The van der Waals surface area contributed by atoms with Gasteiger partial charge < -0.3 is 15.6 Å². The predicted octanol–water partition coefficient (Wildman–Crippen LogP) is 5.20. The predicted molar refractivity (Wildman–Crippen MR) is 138 cm³/mol. The number of nitrogen functional groups attached to an aromatic ring is 1. The van der Waals surface area contributed by atoms with Crippen LogP contribution in [0.5, 0.6) is 0 Å². The third-order valence-electron chi connectivity index (χ3n) is 5.54. The maximum atomic E-state index is 13.3. The molecule has 0 radical (unpaired) electrons. The molecule has 0 unspecified atom stereocenters. The lowest BCUT2D eigenvalue weighted by atomic mass is 9.92. The van der Waals surface area contributed by atoms with Crippen molar-refractivity contribution >= 4 is 46.1 Å². The summed E-state index contributed by atoms with van der Waals surface area (Å²) in [7, 11) is 0. The van der Waals surface area contributed by atoms with Crippen LogP contribution in [0.3, 0.4) is 0 Å². The first-order valence-corrected chi connectivity index (χ1v) is 11.9. The Hall–Kier alpha value is -4.51. The van der Waals surface area contributed by atoms with Crippen LogP contribution in [0.1, 0.15) is 41.7 Å². The highest BCUT2D eigenvalue weighted by atomic mass is 32.1. The van der Waals surface area contributed by atoms with Gasteiger partial charge in [0.25, 0.3) is 0 Å². The lowest BCUT2D eigenvalue weighted by Gasteiger charge is -2.12. The Balaban J connectivity index is 1.41. The molecule has 0 saturated heterocycles. The first-order chi connectivity index (χ1) is 17.2. The summed E-state index contributed by atoms with van der Waals surface area (Å²) in [6, 6.07) is 11.9. The molecule has 4 aromatic heterocycles. The number of aromatic nitrogens is 4. The van der Waals surface area contributed by atoms with Crippen LogP contribution in [0.15, 0.2) is 64.9 Å². The normalized spacial score (nSPS) is 11.5. The molecule has 0 aliphatic carbocycles. The number of ketones is 1. The molecule has 182 valence electrons. The Kier molecular flexibility index (Phi) is 5.77. The number of urea groups is 1. The zero-order valence-corrected chi connectivity index (χ0v) is 20.6. The van der Waals surface area contributed by atoms with E-state index in [0.717, 1.165) is 11.3 Å². The second kappa shape index (κ2) is 8.93. The minimum Gasteiger partial charge on any atom is -0.382 e. The first kappa shape index (κ1) is 23.2. The van der Waals surface area contributed by atoms with Gasteiger partial charge in [-0.2, -0.15) is 5.10 Å². The highest BCUT2D eigenvalue weighted by Crippen LogP contribution is 2.35. The number of carbonyl (C=O) groups excluding carboxylic acids is 2. The molecule has 0 fully saturated rings. The summed E-state index contributed by atoms with van der Waals surface area (Å²) in [6.45, 7) is 6.01. The number of nitrogens with one attached hydrogen (secondary N) is 2. The van der Waals surface area contributed by atoms with Crippen molar-refractivity contribution < 1.29 is 14.1 Å². The van der Waals surface area contributed by atoms with Crippen LogP contribution in [0, 0.1) is 0 Å². The van der Waals surface area contributed by atoms with Gasteiger partial charge in [0, 0.05) is 28.9 Å². The molecule has 2 amide bonds. The van der Waals surface area contributed by atoms with Gasteiger partial charge in [-0.25, -0.2) is 14.3 Å². The van der Waals surface area contributed by atoms with Crippen molar-refractivity contribution in [1.29, 1.82) is 0 Å². The molecular weight excluding hydrogens is 478 g/mol. The summed E-state index contributed by atoms with van der Waals surface area (Å²) in [6.07, 6.45) is 3.00. The van der Waals surface area contributed by atoms with E-state index in [-0.39, 0.29) is 22.9 Å². The van der Waals surface area contributed by atoms with Crippen molar-refractivity contribution in [2.75, 3.05) is 16.4 Å². The van der Waals surface area contributed by atoms with E-state index in [1.807, 2.05) is 32.2 Å². The molecule has 4 N–H and O–H groups in total. The lowest BCUT2D eigenvalue weighted by Crippen LogP contribution is -2.19. The third kappa shape index (κ3) is 4.43. The van der Waals surface area contributed by atoms with Crippen LogP contribution < -0.4 is 16.4 Å². The van der Waals surface area contributed by atoms with Crippen LogP contribution in [-0.2, 0) is 5.41 Å². The minimum absolute atomic E-state index is 0.131. The van der Waals surface area contributed by atoms with Gasteiger partial charge in [-0.15, -0.1) is 11.3 Å². The number of nitrogens with zero attached hydrogens (tertiary/aromatic N) is 4. The molecule has 1 aromatic carbocycles. The highest BCUT2D eigenvalue weighted by Gasteiger charge is 2.23. The van der Waals surface area contributed by atoms with Crippen molar-refractivity contribution in [1.82, 2.24) is 19.8 Å². The van der Waals surface area contributed by atoms with E-state index < -0.39 is 6.03 Å². The molecule has 0 saturated carbocycles. The van der Waals surface area contributed by atoms with E-state index in [9.17, 15) is 9.59 Å². The van der Waals surface area contributed by atoms with Crippen LogP contribution in [0.2, 0.25) is 0 Å². The number of anilines is 3. The fourth-order valence-electron chi connectivity index (χ4n) is 3.72. The third-order valence-corrected chi connectivity index (χ3v) is 6.41. The number of benzene rings is 1. The number of nitrogens with two attached hydrogens (primary N) is 1. The molecule has 11 heteroatoms. The maximum Gasteiger partial charge on any atom is 0.326 e. The fourth-order valence-corrected chi connectivity index (χ4v) is 4.40. The summed E-state index contributed by atoms with van der Waals surface area (Å²) in [5.74, 6) is 0.378. The van der Waals surface area contributed by atoms with Crippen LogP contribution in [0.4, 0.5) is 22.2 Å². The quantitative estimate of drug-likeness (QED) is 0.281. The number of carbonyl (C=O) groups is 2. The second-order valence-electron chi connectivity index (χ2n) is 9.15. The standard InChI is InChI=1S/C25H23N7O3S/c1-25(2,3)18-11-19(35-31-18)30-24(34)29-15-8-6-14(7-9-15)20-16(22(33)17-5-4-10-36-17)12-32-21(20)23(26)27-13-28-32/h4-13H,1-3H3,(H2,26,27,28)(H2,29,30,34). The van der Waals surface area contributed by atoms with Crippen molar-refractivity contribution in [2.24, 2.45) is 0 Å². The van der Waals surface area contributed by atoms with Crippen LogP contribution in [-0.4, -0.2) is 31.6 Å². The zero-order chi connectivity index (χ0) is 25.4. The molecule has 5 aromatic rings. The molecule has 0 aliphatic rings. The van der Waals surface area contributed by atoms with E-state index in [4.69, 9.17) is 10.3 Å². The number of rotatable bonds is 5. The van der Waals surface area contributed by atoms with Gasteiger partial charge in [0.05, 0.1) is 16.1 Å². The van der Waals surface area contributed by atoms with Crippen molar-refractivity contribution in [3.63, 3.8) is 0 Å². The maximum absolute atomic E-state index is 13.3. The largest absolute Gasteiger partial charge is 0.382 e. The summed E-state index contributed by atoms with van der Waals surface area (Å²) in [5, 5.41) is 15.5. The zero-order valence-electron chi connectivity index (χ0n) is 19.8. The monoisotopic (exact) mass is 501 g/mol. The van der Waals surface area contributed by atoms with Gasteiger partial charge in [0.15, 0.2) is 5.82 Å². The molecule has 36 heavy (non-hydrogen) atoms. The van der Waals surface area contributed by atoms with E-state index in [1.165, 1.54) is 17.7 Å². The van der Waals surface area contributed by atoms with Gasteiger partial charge >= 0.3 is 6.03 Å². The van der Waals surface area contributed by atoms with Gasteiger partial charge in [-0.05, 0) is 29.1 Å². The Bertz CT molecular complexity index is 1560. The average Bonchev–Trinajstić information content (AvgIpc) is 3.59. The van der Waals surface area contributed by atoms with E-state index in [1.54, 1.807) is 47.1 Å². The first-order valence-electron chi connectivity index (χ1n) is 11.1. The van der Waals surface area contributed by atoms with Crippen LogP contribution >= 0.6 is 11.3 Å². The Morgan fingerprint density at radius 2 is 1.89 bits per heavy atom. The number of amides is 2. The van der Waals surface area contributed by atoms with Crippen molar-refractivity contribution in [3.8, 4) is 11.1 Å². The van der Waals surface area contributed by atoms with E-state index in [2.05, 4.69) is 25.9 Å². The SMILES string of the molecule is CC(C)(C)c1cc(NC(=O)Nc2ccc(-c3c(C(=O)c4cccs4)cn4ncnc(N)c34)cc2)on1. The highest BCUT2D eigenvalue weighted by molar-refractivity contribution is 7.12. The van der Waals surface area contributed by atoms with Crippen molar-refractivity contribution in [3.05, 3.63) is 76.5 Å². The molecule has 10 nitrogen and oxygen atoms in total. The number of hydrogen-bond donors (Lipinski definition) is 3. The second-order valence-corrected chi connectivity index (χ2v) is 10.1. The van der Waals surface area contributed by atoms with Gasteiger partial charge in [0.2, 0.25) is 11.7 Å². The Morgan fingerprint density at radius 1 is 1.11 bits per heavy atom. The van der Waals surface area contributed by atoms with Crippen molar-refractivity contribution in [2.45, 2.75) is 26.2 Å². The van der Waals surface area contributed by atoms with E-state index >= 15 is 0 Å². The van der Waals surface area contributed by atoms with Gasteiger partial charge in [-0.1, -0.05) is 44.1 Å². The summed E-state index contributed by atoms with van der Waals surface area (Å²) in [4.78, 5) is 30.4. The number of hydrogen-bond acceptors (Lipinski definition) is 8. The molecular formula is C25H23N7O3S. The minimum atomic E-state index is -0.472. The topological polar surface area (TPSA) is 140 Å². The lowest BCUT2D eigenvalue weighted by molar-refractivity contribution is 0.104. The number of thiophene rings is 1. The molecule has 5 rings (SSSR count). The molecule has 0 atom stereocenters. The fraction of sp³-hybridized carbons (Fsp3) is 0.160. The Morgan fingerprint density at radius 3 is 2.56 bits per heavy atom. The molecule has 0 bridgehead atoms. The molecule has 0 spiro atoms. The summed E-state index contributed by atoms with van der Waals surface area (Å²) >= 11 is 1.36. The van der Waals surface area contributed by atoms with Gasteiger partial charge in [-0.3, -0.25) is 10.1 Å². The molecule has 0 aliphatic heterocycles. The van der Waals surface area contributed by atoms with Gasteiger partial charge in [0.1, 0.15) is 11.8 Å². The van der Waals surface area contributed by atoms with E-state index in [0.29, 0.717) is 27.2 Å².